The van der Waals surface area contributed by atoms with Crippen molar-refractivity contribution in [1.29, 1.82) is 0 Å². The lowest BCUT2D eigenvalue weighted by molar-refractivity contribution is 0.169. The van der Waals surface area contributed by atoms with Gasteiger partial charge < -0.3 is 14.3 Å². The van der Waals surface area contributed by atoms with Crippen LogP contribution in [0.2, 0.25) is 18.1 Å². The van der Waals surface area contributed by atoms with Gasteiger partial charge in [0.05, 0.1) is 6.10 Å². The van der Waals surface area contributed by atoms with Gasteiger partial charge in [-0.3, -0.25) is 0 Å². The Morgan fingerprint density at radius 3 is 2.52 bits per heavy atom. The quantitative estimate of drug-likeness (QED) is 0.484. The Labute approximate surface area is 129 Å². The van der Waals surface area contributed by atoms with Gasteiger partial charge in [-0.1, -0.05) is 39.2 Å². The fourth-order valence-electron chi connectivity index (χ4n) is 2.11. The van der Waals surface area contributed by atoms with Crippen molar-refractivity contribution in [3.05, 3.63) is 23.8 Å². The Balaban J connectivity index is 2.21. The minimum atomic E-state index is -1.88. The van der Waals surface area contributed by atoms with Crippen LogP contribution in [-0.4, -0.2) is 37.8 Å². The van der Waals surface area contributed by atoms with Crippen LogP contribution in [-0.2, 0) is 9.16 Å². The first kappa shape index (κ1) is 16.5. The maximum Gasteiger partial charge on any atom is 0.193 e. The molecule has 0 aromatic heterocycles. The average Bonchev–Trinajstić information content (AvgIpc) is 3.09. The Morgan fingerprint density at radius 2 is 2.00 bits per heavy atom. The van der Waals surface area contributed by atoms with E-state index in [9.17, 15) is 5.11 Å². The summed E-state index contributed by atoms with van der Waals surface area (Å²) < 4.78 is 12.0. The molecule has 0 aromatic carbocycles. The SMILES string of the molecule is C=C(C)C#CC1=C[C@@H](O[Si](C)(C)C(C)(C)C)[C@@H]2O[C@@H]2[C@H]1O. The van der Waals surface area contributed by atoms with Crippen molar-refractivity contribution in [1.82, 2.24) is 0 Å². The summed E-state index contributed by atoms with van der Waals surface area (Å²) in [5, 5.41) is 10.3. The largest absolute Gasteiger partial charge is 0.408 e. The van der Waals surface area contributed by atoms with Gasteiger partial charge in [0.1, 0.15) is 18.3 Å². The third kappa shape index (κ3) is 3.49. The van der Waals surface area contributed by atoms with Crippen LogP contribution in [0.3, 0.4) is 0 Å². The molecule has 1 N–H and O–H groups in total. The minimum Gasteiger partial charge on any atom is -0.408 e. The highest BCUT2D eigenvalue weighted by Gasteiger charge is 2.55. The van der Waals surface area contributed by atoms with Crippen LogP contribution in [0.1, 0.15) is 27.7 Å². The maximum absolute atomic E-state index is 10.2. The first-order valence-electron chi connectivity index (χ1n) is 7.43. The molecular formula is C17H26O3Si. The molecule has 2 rings (SSSR count). The molecule has 21 heavy (non-hydrogen) atoms. The van der Waals surface area contributed by atoms with E-state index in [-0.39, 0.29) is 23.4 Å². The van der Waals surface area contributed by atoms with Crippen LogP contribution >= 0.6 is 0 Å². The van der Waals surface area contributed by atoms with E-state index in [2.05, 4.69) is 52.3 Å². The van der Waals surface area contributed by atoms with Crippen molar-refractivity contribution in [3.8, 4) is 11.8 Å². The molecule has 1 saturated heterocycles. The van der Waals surface area contributed by atoms with Crippen molar-refractivity contribution in [3.63, 3.8) is 0 Å². The van der Waals surface area contributed by atoms with Gasteiger partial charge in [-0.2, -0.15) is 0 Å². The first-order chi connectivity index (χ1) is 9.53. The van der Waals surface area contributed by atoms with Crippen LogP contribution < -0.4 is 0 Å². The highest BCUT2D eigenvalue weighted by molar-refractivity contribution is 6.74. The van der Waals surface area contributed by atoms with E-state index in [1.807, 2.05) is 13.0 Å². The zero-order valence-electron chi connectivity index (χ0n) is 13.9. The molecule has 1 aliphatic heterocycles. The Morgan fingerprint density at radius 1 is 1.38 bits per heavy atom. The van der Waals surface area contributed by atoms with Gasteiger partial charge in [0, 0.05) is 5.57 Å². The molecule has 0 saturated carbocycles. The molecular weight excluding hydrogens is 280 g/mol. The van der Waals surface area contributed by atoms with Gasteiger partial charge in [-0.05, 0) is 36.7 Å². The van der Waals surface area contributed by atoms with Gasteiger partial charge in [-0.15, -0.1) is 0 Å². The number of epoxide rings is 1. The van der Waals surface area contributed by atoms with Crippen LogP contribution in [0.25, 0.3) is 0 Å². The van der Waals surface area contributed by atoms with Crippen LogP contribution in [0, 0.1) is 11.8 Å². The monoisotopic (exact) mass is 306 g/mol. The summed E-state index contributed by atoms with van der Waals surface area (Å²) in [5.74, 6) is 5.93. The number of allylic oxidation sites excluding steroid dienone is 1. The van der Waals surface area contributed by atoms with Crippen LogP contribution in [0.15, 0.2) is 23.8 Å². The smallest absolute Gasteiger partial charge is 0.193 e. The molecule has 0 radical (unpaired) electrons. The molecule has 0 aromatic rings. The van der Waals surface area contributed by atoms with Crippen LogP contribution in [0.5, 0.6) is 0 Å². The number of ether oxygens (including phenoxy) is 1. The van der Waals surface area contributed by atoms with Crippen LogP contribution in [0.4, 0.5) is 0 Å². The van der Waals surface area contributed by atoms with E-state index >= 15 is 0 Å². The second kappa shape index (κ2) is 5.40. The summed E-state index contributed by atoms with van der Waals surface area (Å²) in [7, 11) is -1.88. The van der Waals surface area contributed by atoms with E-state index in [0.717, 1.165) is 5.57 Å². The Hall–Kier alpha value is -0.863. The second-order valence-corrected chi connectivity index (χ2v) is 12.3. The number of rotatable bonds is 2. The number of aliphatic hydroxyl groups excluding tert-OH is 1. The molecule has 2 aliphatic rings. The first-order valence-corrected chi connectivity index (χ1v) is 10.3. The standard InChI is InChI=1S/C17H26O3Si/c1-11(2)8-9-12-10-13(15-16(19-15)14(12)18)20-21(6,7)17(3,4)5/h10,13-16,18H,1H2,2-7H3/t13-,14+,15+,16-/m1/s1. The van der Waals surface area contributed by atoms with Crippen molar-refractivity contribution in [2.45, 2.75) is 70.2 Å². The van der Waals surface area contributed by atoms with E-state index in [0.29, 0.717) is 5.57 Å². The topological polar surface area (TPSA) is 42.0 Å². The van der Waals surface area contributed by atoms with Gasteiger partial charge in [0.25, 0.3) is 0 Å². The van der Waals surface area contributed by atoms with E-state index in [1.54, 1.807) is 0 Å². The zero-order chi connectivity index (χ0) is 16.0. The number of hydrogen-bond donors (Lipinski definition) is 1. The van der Waals surface area contributed by atoms with E-state index in [4.69, 9.17) is 9.16 Å². The summed E-state index contributed by atoms with van der Waals surface area (Å²) in [6, 6.07) is 0. The molecule has 3 nitrogen and oxygen atoms in total. The minimum absolute atomic E-state index is 0.0236. The highest BCUT2D eigenvalue weighted by Crippen LogP contribution is 2.43. The lowest BCUT2D eigenvalue weighted by Gasteiger charge is -2.39. The molecule has 1 fully saturated rings. The average molecular weight is 306 g/mol. The summed E-state index contributed by atoms with van der Waals surface area (Å²) in [6.45, 7) is 16.7. The number of hydrogen-bond acceptors (Lipinski definition) is 3. The predicted octanol–water partition coefficient (Wildman–Crippen LogP) is 3.02. The predicted molar refractivity (Wildman–Crippen MR) is 87.4 cm³/mol. The molecule has 4 heteroatoms. The van der Waals surface area contributed by atoms with Gasteiger partial charge in [-0.25, -0.2) is 0 Å². The van der Waals surface area contributed by atoms with E-state index < -0.39 is 14.4 Å². The van der Waals surface area contributed by atoms with Crippen molar-refractivity contribution in [2.24, 2.45) is 0 Å². The van der Waals surface area contributed by atoms with E-state index in [1.165, 1.54) is 0 Å². The van der Waals surface area contributed by atoms with Crippen molar-refractivity contribution in [2.75, 3.05) is 0 Å². The van der Waals surface area contributed by atoms with Gasteiger partial charge in [0.15, 0.2) is 8.32 Å². The lowest BCUT2D eigenvalue weighted by Crippen LogP contribution is -2.46. The molecule has 1 aliphatic carbocycles. The normalized spacial score (nSPS) is 31.7. The Bertz CT molecular complexity index is 530. The molecule has 0 bridgehead atoms. The molecule has 1 heterocycles. The van der Waals surface area contributed by atoms with Gasteiger partial charge >= 0.3 is 0 Å². The lowest BCUT2D eigenvalue weighted by atomic mass is 9.95. The molecule has 4 atom stereocenters. The summed E-state index contributed by atoms with van der Waals surface area (Å²) in [6.07, 6.45) is 1.01. The molecule has 0 unspecified atom stereocenters. The molecule has 116 valence electrons. The Kier molecular flexibility index (Phi) is 4.25. The number of fused-ring (bicyclic) bond motifs is 1. The summed E-state index contributed by atoms with van der Waals surface area (Å²) >= 11 is 0. The fourth-order valence-corrected chi connectivity index (χ4v) is 3.35. The summed E-state index contributed by atoms with van der Waals surface area (Å²) in [4.78, 5) is 0. The van der Waals surface area contributed by atoms with Crippen molar-refractivity contribution >= 4 is 8.32 Å². The molecule has 0 amide bonds. The van der Waals surface area contributed by atoms with Crippen molar-refractivity contribution < 1.29 is 14.3 Å². The maximum atomic E-state index is 10.2. The van der Waals surface area contributed by atoms with Gasteiger partial charge in [0.2, 0.25) is 0 Å². The summed E-state index contributed by atoms with van der Waals surface area (Å²) in [5.41, 5.74) is 1.48. The second-order valence-electron chi connectivity index (χ2n) is 7.51. The third-order valence-electron chi connectivity index (χ3n) is 4.52. The fraction of sp³-hybridized carbons (Fsp3) is 0.647. The molecule has 0 spiro atoms. The highest BCUT2D eigenvalue weighted by atomic mass is 28.4. The zero-order valence-corrected chi connectivity index (χ0v) is 14.9. The number of aliphatic hydroxyl groups is 1. The third-order valence-corrected chi connectivity index (χ3v) is 8.99.